The Labute approximate surface area is 121 Å². The zero-order chi connectivity index (χ0) is 15.0. The number of amides is 2. The van der Waals surface area contributed by atoms with Crippen LogP contribution < -0.4 is 5.32 Å². The summed E-state index contributed by atoms with van der Waals surface area (Å²) in [7, 11) is 3.80. The number of carbonyl (C=O) groups excluding carboxylic acids is 1. The van der Waals surface area contributed by atoms with Crippen LogP contribution in [0.25, 0.3) is 0 Å². The number of nitrogens with zero attached hydrogens (tertiary/aromatic N) is 2. The van der Waals surface area contributed by atoms with Gasteiger partial charge in [-0.1, -0.05) is 12.8 Å². The maximum Gasteiger partial charge on any atom is 0.317 e. The van der Waals surface area contributed by atoms with E-state index in [0.717, 1.165) is 6.54 Å². The SMILES string of the molecule is CN(CCCC(=O)O)C(=O)NCCN(C)C1CCCC1. The fourth-order valence-electron chi connectivity index (χ4n) is 2.57. The molecule has 6 nitrogen and oxygen atoms in total. The molecule has 20 heavy (non-hydrogen) atoms. The number of rotatable bonds is 8. The van der Waals surface area contributed by atoms with Crippen LogP contribution in [0.1, 0.15) is 38.5 Å². The highest BCUT2D eigenvalue weighted by Gasteiger charge is 2.19. The molecular weight excluding hydrogens is 258 g/mol. The molecule has 0 heterocycles. The molecule has 0 aromatic heterocycles. The summed E-state index contributed by atoms with van der Waals surface area (Å²) in [6.07, 6.45) is 5.74. The molecule has 1 rings (SSSR count). The van der Waals surface area contributed by atoms with Gasteiger partial charge in [0.1, 0.15) is 0 Å². The molecule has 0 aromatic rings. The first-order valence-electron chi connectivity index (χ1n) is 7.41. The van der Waals surface area contributed by atoms with E-state index in [9.17, 15) is 9.59 Å². The second-order valence-corrected chi connectivity index (χ2v) is 5.57. The van der Waals surface area contributed by atoms with Crippen LogP contribution in [0.4, 0.5) is 4.79 Å². The number of carbonyl (C=O) groups is 2. The topological polar surface area (TPSA) is 72.9 Å². The van der Waals surface area contributed by atoms with Crippen LogP contribution in [-0.2, 0) is 4.79 Å². The number of likely N-dealkylation sites (N-methyl/N-ethyl adjacent to an activating group) is 1. The van der Waals surface area contributed by atoms with Crippen molar-refractivity contribution in [1.29, 1.82) is 0 Å². The van der Waals surface area contributed by atoms with Crippen LogP contribution in [0, 0.1) is 0 Å². The fourth-order valence-corrected chi connectivity index (χ4v) is 2.57. The minimum absolute atomic E-state index is 0.0992. The van der Waals surface area contributed by atoms with Gasteiger partial charge in [-0.3, -0.25) is 4.79 Å². The molecule has 1 aliphatic rings. The molecule has 2 N–H and O–H groups in total. The Morgan fingerprint density at radius 3 is 2.45 bits per heavy atom. The number of carboxylic acid groups (broad SMARTS) is 1. The lowest BCUT2D eigenvalue weighted by Gasteiger charge is -2.24. The van der Waals surface area contributed by atoms with Gasteiger partial charge in [-0.2, -0.15) is 0 Å². The van der Waals surface area contributed by atoms with Crippen LogP contribution >= 0.6 is 0 Å². The van der Waals surface area contributed by atoms with Crippen molar-refractivity contribution in [2.24, 2.45) is 0 Å². The van der Waals surface area contributed by atoms with E-state index in [2.05, 4.69) is 17.3 Å². The van der Waals surface area contributed by atoms with Crippen molar-refractivity contribution in [3.63, 3.8) is 0 Å². The van der Waals surface area contributed by atoms with E-state index in [-0.39, 0.29) is 12.5 Å². The summed E-state index contributed by atoms with van der Waals surface area (Å²) in [5.74, 6) is -0.822. The molecule has 0 atom stereocenters. The maximum absolute atomic E-state index is 11.8. The second-order valence-electron chi connectivity index (χ2n) is 5.57. The lowest BCUT2D eigenvalue weighted by Crippen LogP contribution is -2.42. The Hall–Kier alpha value is -1.30. The summed E-state index contributed by atoms with van der Waals surface area (Å²) in [5, 5.41) is 11.4. The fraction of sp³-hybridized carbons (Fsp3) is 0.857. The Morgan fingerprint density at radius 1 is 1.20 bits per heavy atom. The zero-order valence-electron chi connectivity index (χ0n) is 12.6. The number of aliphatic carboxylic acids is 1. The highest BCUT2D eigenvalue weighted by molar-refractivity contribution is 5.73. The smallest absolute Gasteiger partial charge is 0.317 e. The lowest BCUT2D eigenvalue weighted by atomic mass is 10.2. The monoisotopic (exact) mass is 285 g/mol. The van der Waals surface area contributed by atoms with E-state index in [1.807, 2.05) is 0 Å². The first-order chi connectivity index (χ1) is 9.50. The molecule has 1 fully saturated rings. The van der Waals surface area contributed by atoms with Gasteiger partial charge in [-0.25, -0.2) is 4.79 Å². The first-order valence-corrected chi connectivity index (χ1v) is 7.41. The van der Waals surface area contributed by atoms with E-state index in [0.29, 0.717) is 25.6 Å². The van der Waals surface area contributed by atoms with Gasteiger partial charge in [0.15, 0.2) is 0 Å². The van der Waals surface area contributed by atoms with Crippen LogP contribution in [-0.4, -0.2) is 66.7 Å². The number of nitrogens with one attached hydrogen (secondary N) is 1. The molecule has 0 aromatic carbocycles. The van der Waals surface area contributed by atoms with Crippen molar-refractivity contribution in [1.82, 2.24) is 15.1 Å². The van der Waals surface area contributed by atoms with Crippen LogP contribution in [0.2, 0.25) is 0 Å². The van der Waals surface area contributed by atoms with Gasteiger partial charge in [-0.05, 0) is 26.3 Å². The predicted octanol–water partition coefficient (Wildman–Crippen LogP) is 1.37. The molecule has 1 aliphatic carbocycles. The highest BCUT2D eigenvalue weighted by Crippen LogP contribution is 2.21. The minimum Gasteiger partial charge on any atom is -0.481 e. The first kappa shape index (κ1) is 16.8. The van der Waals surface area contributed by atoms with Gasteiger partial charge in [-0.15, -0.1) is 0 Å². The minimum atomic E-state index is -0.822. The van der Waals surface area contributed by atoms with Crippen LogP contribution in [0.5, 0.6) is 0 Å². The van der Waals surface area contributed by atoms with Gasteiger partial charge in [0.05, 0.1) is 0 Å². The molecule has 0 spiro atoms. The quantitative estimate of drug-likeness (QED) is 0.706. The molecule has 0 aliphatic heterocycles. The van der Waals surface area contributed by atoms with E-state index in [1.165, 1.54) is 25.7 Å². The third-order valence-electron chi connectivity index (χ3n) is 3.92. The number of urea groups is 1. The van der Waals surface area contributed by atoms with Gasteiger partial charge in [0, 0.05) is 39.1 Å². The molecule has 1 saturated carbocycles. The Kier molecular flexibility index (Phi) is 7.36. The molecule has 0 unspecified atom stereocenters. The van der Waals surface area contributed by atoms with Crippen molar-refractivity contribution in [2.45, 2.75) is 44.6 Å². The van der Waals surface area contributed by atoms with Gasteiger partial charge in [0.25, 0.3) is 0 Å². The van der Waals surface area contributed by atoms with Crippen LogP contribution in [0.15, 0.2) is 0 Å². The summed E-state index contributed by atoms with van der Waals surface area (Å²) in [6, 6.07) is 0.537. The Morgan fingerprint density at radius 2 is 1.85 bits per heavy atom. The summed E-state index contributed by atoms with van der Waals surface area (Å²) in [4.78, 5) is 26.0. The molecule has 116 valence electrons. The van der Waals surface area contributed by atoms with Crippen molar-refractivity contribution in [3.8, 4) is 0 Å². The summed E-state index contributed by atoms with van der Waals surface area (Å²) >= 11 is 0. The molecular formula is C14H27N3O3. The third-order valence-corrected chi connectivity index (χ3v) is 3.92. The molecule has 0 bridgehead atoms. The van der Waals surface area contributed by atoms with Gasteiger partial charge >= 0.3 is 12.0 Å². The number of hydrogen-bond donors (Lipinski definition) is 2. The Balaban J connectivity index is 2.10. The highest BCUT2D eigenvalue weighted by atomic mass is 16.4. The average molecular weight is 285 g/mol. The second kappa shape index (κ2) is 8.79. The van der Waals surface area contributed by atoms with E-state index < -0.39 is 5.97 Å². The third kappa shape index (κ3) is 6.23. The summed E-state index contributed by atoms with van der Waals surface area (Å²) < 4.78 is 0. The number of carboxylic acids is 1. The molecule has 2 amide bonds. The summed E-state index contributed by atoms with van der Waals surface area (Å²) in [6.45, 7) is 1.96. The molecule has 0 radical (unpaired) electrons. The lowest BCUT2D eigenvalue weighted by molar-refractivity contribution is -0.137. The molecule has 0 saturated heterocycles. The summed E-state index contributed by atoms with van der Waals surface area (Å²) in [5.41, 5.74) is 0. The van der Waals surface area contributed by atoms with Gasteiger partial charge in [0.2, 0.25) is 0 Å². The largest absolute Gasteiger partial charge is 0.481 e. The van der Waals surface area contributed by atoms with Gasteiger partial charge < -0.3 is 20.2 Å². The van der Waals surface area contributed by atoms with Crippen molar-refractivity contribution < 1.29 is 14.7 Å². The zero-order valence-corrected chi connectivity index (χ0v) is 12.6. The van der Waals surface area contributed by atoms with E-state index in [4.69, 9.17) is 5.11 Å². The average Bonchev–Trinajstić information content (AvgIpc) is 2.91. The molecule has 6 heteroatoms. The standard InChI is InChI=1S/C14H27N3O3/c1-16(12-6-3-4-7-12)11-9-15-14(20)17(2)10-5-8-13(18)19/h12H,3-11H2,1-2H3,(H,15,20)(H,18,19). The van der Waals surface area contributed by atoms with Crippen molar-refractivity contribution >= 4 is 12.0 Å². The van der Waals surface area contributed by atoms with Crippen LogP contribution in [0.3, 0.4) is 0 Å². The van der Waals surface area contributed by atoms with E-state index >= 15 is 0 Å². The normalized spacial score (nSPS) is 15.6. The number of hydrogen-bond acceptors (Lipinski definition) is 3. The predicted molar refractivity (Wildman–Crippen MR) is 77.8 cm³/mol. The Bertz CT molecular complexity index is 317. The van der Waals surface area contributed by atoms with Crippen molar-refractivity contribution in [3.05, 3.63) is 0 Å². The van der Waals surface area contributed by atoms with E-state index in [1.54, 1.807) is 11.9 Å². The van der Waals surface area contributed by atoms with Crippen molar-refractivity contribution in [2.75, 3.05) is 33.7 Å². The maximum atomic E-state index is 11.8.